The van der Waals surface area contributed by atoms with Gasteiger partial charge in [0.25, 0.3) is 0 Å². The lowest BCUT2D eigenvalue weighted by Gasteiger charge is -2.29. The second-order valence-corrected chi connectivity index (χ2v) is 4.95. The Morgan fingerprint density at radius 3 is 2.43 bits per heavy atom. The van der Waals surface area contributed by atoms with Crippen molar-refractivity contribution >= 4 is 0 Å². The first-order chi connectivity index (χ1) is 6.74. The third-order valence-electron chi connectivity index (χ3n) is 3.59. The Balaban J connectivity index is 1.74. The molecule has 0 amide bonds. The molecule has 14 heavy (non-hydrogen) atoms. The first-order valence-corrected chi connectivity index (χ1v) is 5.93. The van der Waals surface area contributed by atoms with Gasteiger partial charge in [0, 0.05) is 18.1 Å². The van der Waals surface area contributed by atoms with Crippen LogP contribution in [-0.4, -0.2) is 29.3 Å². The lowest BCUT2D eigenvalue weighted by atomic mass is 9.92. The summed E-state index contributed by atoms with van der Waals surface area (Å²) in [5, 5.41) is 13.2. The minimum absolute atomic E-state index is 0.0728. The standard InChI is InChI=1S/C11H22N2O/c12-8-4-5-10(6-8)13-9-2-1-3-11(14)7-9/h8-11,13-14H,1-7,12H2. The first kappa shape index (κ1) is 10.4. The second kappa shape index (κ2) is 4.60. The average molecular weight is 198 g/mol. The van der Waals surface area contributed by atoms with Crippen molar-refractivity contribution in [3.8, 4) is 0 Å². The molecule has 0 aromatic rings. The van der Waals surface area contributed by atoms with E-state index in [1.54, 1.807) is 0 Å². The van der Waals surface area contributed by atoms with E-state index in [1.807, 2.05) is 0 Å². The minimum Gasteiger partial charge on any atom is -0.393 e. The SMILES string of the molecule is NC1CCC(NC2CCCC(O)C2)C1. The summed E-state index contributed by atoms with van der Waals surface area (Å²) < 4.78 is 0. The van der Waals surface area contributed by atoms with Gasteiger partial charge in [-0.1, -0.05) is 0 Å². The highest BCUT2D eigenvalue weighted by molar-refractivity contribution is 4.87. The van der Waals surface area contributed by atoms with Crippen LogP contribution in [0, 0.1) is 0 Å². The van der Waals surface area contributed by atoms with Gasteiger partial charge in [-0.2, -0.15) is 0 Å². The van der Waals surface area contributed by atoms with E-state index in [1.165, 1.54) is 12.8 Å². The van der Waals surface area contributed by atoms with Crippen LogP contribution in [0.25, 0.3) is 0 Å². The minimum atomic E-state index is -0.0728. The maximum Gasteiger partial charge on any atom is 0.0555 e. The van der Waals surface area contributed by atoms with Gasteiger partial charge in [-0.25, -0.2) is 0 Å². The molecule has 0 aliphatic heterocycles. The predicted molar refractivity (Wildman–Crippen MR) is 57.0 cm³/mol. The monoisotopic (exact) mass is 198 g/mol. The molecule has 4 N–H and O–H groups in total. The molecule has 0 radical (unpaired) electrons. The number of aliphatic hydroxyl groups is 1. The molecule has 3 heteroatoms. The van der Waals surface area contributed by atoms with Crippen molar-refractivity contribution in [1.29, 1.82) is 0 Å². The van der Waals surface area contributed by atoms with Crippen LogP contribution in [-0.2, 0) is 0 Å². The predicted octanol–water partition coefficient (Wildman–Crippen LogP) is 0.759. The normalized spacial score (nSPS) is 44.1. The Bertz CT molecular complexity index is 186. The van der Waals surface area contributed by atoms with E-state index in [0.717, 1.165) is 32.1 Å². The maximum absolute atomic E-state index is 9.54. The Labute approximate surface area is 86.1 Å². The molecule has 0 saturated heterocycles. The van der Waals surface area contributed by atoms with E-state index >= 15 is 0 Å². The van der Waals surface area contributed by atoms with Crippen molar-refractivity contribution in [2.75, 3.05) is 0 Å². The Morgan fingerprint density at radius 1 is 1.00 bits per heavy atom. The quantitative estimate of drug-likeness (QED) is 0.614. The molecular weight excluding hydrogens is 176 g/mol. The molecule has 2 rings (SSSR count). The zero-order chi connectivity index (χ0) is 9.97. The smallest absolute Gasteiger partial charge is 0.0555 e. The van der Waals surface area contributed by atoms with Crippen LogP contribution in [0.4, 0.5) is 0 Å². The number of rotatable bonds is 2. The number of nitrogens with two attached hydrogens (primary N) is 1. The summed E-state index contributed by atoms with van der Waals surface area (Å²) in [5.74, 6) is 0. The maximum atomic E-state index is 9.54. The van der Waals surface area contributed by atoms with Gasteiger partial charge in [0.05, 0.1) is 6.10 Å². The first-order valence-electron chi connectivity index (χ1n) is 5.93. The van der Waals surface area contributed by atoms with Crippen LogP contribution >= 0.6 is 0 Å². The summed E-state index contributed by atoms with van der Waals surface area (Å²) in [4.78, 5) is 0. The Kier molecular flexibility index (Phi) is 3.42. The third kappa shape index (κ3) is 2.69. The molecule has 0 heterocycles. The van der Waals surface area contributed by atoms with Gasteiger partial charge in [-0.05, 0) is 44.9 Å². The van der Waals surface area contributed by atoms with E-state index in [-0.39, 0.29) is 6.10 Å². The summed E-state index contributed by atoms with van der Waals surface area (Å²) in [5.41, 5.74) is 5.87. The summed E-state index contributed by atoms with van der Waals surface area (Å²) in [6.07, 6.45) is 7.73. The molecule has 3 nitrogen and oxygen atoms in total. The molecule has 4 unspecified atom stereocenters. The number of nitrogens with one attached hydrogen (secondary N) is 1. The molecule has 2 fully saturated rings. The summed E-state index contributed by atoms with van der Waals surface area (Å²) in [7, 11) is 0. The lowest BCUT2D eigenvalue weighted by Crippen LogP contribution is -2.41. The molecular formula is C11H22N2O. The van der Waals surface area contributed by atoms with Crippen LogP contribution in [0.15, 0.2) is 0 Å². The van der Waals surface area contributed by atoms with Gasteiger partial charge in [-0.3, -0.25) is 0 Å². The van der Waals surface area contributed by atoms with Gasteiger partial charge in [0.1, 0.15) is 0 Å². The molecule has 4 atom stereocenters. The fourth-order valence-corrected chi connectivity index (χ4v) is 2.82. The summed E-state index contributed by atoms with van der Waals surface area (Å²) in [6.45, 7) is 0. The van der Waals surface area contributed by atoms with Crippen molar-refractivity contribution in [2.24, 2.45) is 5.73 Å². The molecule has 0 aromatic heterocycles. The zero-order valence-electron chi connectivity index (χ0n) is 8.78. The van der Waals surface area contributed by atoms with Gasteiger partial charge >= 0.3 is 0 Å². The van der Waals surface area contributed by atoms with Crippen LogP contribution in [0.3, 0.4) is 0 Å². The van der Waals surface area contributed by atoms with Crippen LogP contribution in [0.5, 0.6) is 0 Å². The van der Waals surface area contributed by atoms with E-state index in [9.17, 15) is 5.11 Å². The van der Waals surface area contributed by atoms with E-state index < -0.39 is 0 Å². The molecule has 0 spiro atoms. The molecule has 0 aromatic carbocycles. The van der Waals surface area contributed by atoms with Gasteiger partial charge < -0.3 is 16.2 Å². The van der Waals surface area contributed by atoms with Crippen molar-refractivity contribution in [3.05, 3.63) is 0 Å². The largest absolute Gasteiger partial charge is 0.393 e. The average Bonchev–Trinajstić information content (AvgIpc) is 2.51. The lowest BCUT2D eigenvalue weighted by molar-refractivity contribution is 0.109. The van der Waals surface area contributed by atoms with Crippen molar-refractivity contribution < 1.29 is 5.11 Å². The number of hydrogen-bond donors (Lipinski definition) is 3. The van der Waals surface area contributed by atoms with Crippen LogP contribution in [0.1, 0.15) is 44.9 Å². The molecule has 2 aliphatic rings. The van der Waals surface area contributed by atoms with Crippen LogP contribution in [0.2, 0.25) is 0 Å². The fraction of sp³-hybridized carbons (Fsp3) is 1.00. The van der Waals surface area contributed by atoms with E-state index in [0.29, 0.717) is 18.1 Å². The highest BCUT2D eigenvalue weighted by Crippen LogP contribution is 2.23. The number of hydrogen-bond acceptors (Lipinski definition) is 3. The van der Waals surface area contributed by atoms with Crippen molar-refractivity contribution in [3.63, 3.8) is 0 Å². The molecule has 0 bridgehead atoms. The molecule has 2 saturated carbocycles. The third-order valence-corrected chi connectivity index (χ3v) is 3.59. The van der Waals surface area contributed by atoms with Crippen LogP contribution < -0.4 is 11.1 Å². The second-order valence-electron chi connectivity index (χ2n) is 4.95. The Morgan fingerprint density at radius 2 is 1.79 bits per heavy atom. The highest BCUT2D eigenvalue weighted by atomic mass is 16.3. The summed E-state index contributed by atoms with van der Waals surface area (Å²) >= 11 is 0. The van der Waals surface area contributed by atoms with E-state index in [2.05, 4.69) is 5.32 Å². The Hall–Kier alpha value is -0.120. The topological polar surface area (TPSA) is 58.3 Å². The zero-order valence-corrected chi connectivity index (χ0v) is 8.78. The van der Waals surface area contributed by atoms with Gasteiger partial charge in [0.2, 0.25) is 0 Å². The van der Waals surface area contributed by atoms with Crippen molar-refractivity contribution in [2.45, 2.75) is 69.2 Å². The van der Waals surface area contributed by atoms with Gasteiger partial charge in [-0.15, -0.1) is 0 Å². The highest BCUT2D eigenvalue weighted by Gasteiger charge is 2.26. The number of aliphatic hydroxyl groups excluding tert-OH is 1. The summed E-state index contributed by atoms with van der Waals surface area (Å²) in [6, 6.07) is 1.55. The molecule has 82 valence electrons. The fourth-order valence-electron chi connectivity index (χ4n) is 2.82. The van der Waals surface area contributed by atoms with Gasteiger partial charge in [0.15, 0.2) is 0 Å². The van der Waals surface area contributed by atoms with Crippen molar-refractivity contribution in [1.82, 2.24) is 5.32 Å². The van der Waals surface area contributed by atoms with E-state index in [4.69, 9.17) is 5.73 Å². The molecule has 2 aliphatic carbocycles.